The van der Waals surface area contributed by atoms with Crippen LogP contribution in [0.5, 0.6) is 0 Å². The number of hydrogen-bond acceptors (Lipinski definition) is 5. The predicted octanol–water partition coefficient (Wildman–Crippen LogP) is 2.98. The van der Waals surface area contributed by atoms with E-state index in [4.69, 9.17) is 4.74 Å². The first-order valence-electron chi connectivity index (χ1n) is 7.51. The third kappa shape index (κ3) is 4.36. The lowest BCUT2D eigenvalue weighted by Gasteiger charge is -2.14. The molecule has 0 saturated carbocycles. The summed E-state index contributed by atoms with van der Waals surface area (Å²) in [6, 6.07) is 8.20. The van der Waals surface area contributed by atoms with Gasteiger partial charge >= 0.3 is 0 Å². The normalized spacial score (nSPS) is 12.5. The first-order chi connectivity index (χ1) is 10.7. The van der Waals surface area contributed by atoms with Gasteiger partial charge in [-0.2, -0.15) is 0 Å². The highest BCUT2D eigenvalue weighted by molar-refractivity contribution is 7.11. The predicted molar refractivity (Wildman–Crippen MR) is 90.1 cm³/mol. The van der Waals surface area contributed by atoms with E-state index in [2.05, 4.69) is 30.2 Å². The first kappa shape index (κ1) is 17.1. The van der Waals surface area contributed by atoms with E-state index in [0.717, 1.165) is 34.8 Å². The van der Waals surface area contributed by atoms with Crippen molar-refractivity contribution >= 4 is 11.3 Å². The monoisotopic (exact) mass is 320 g/mol. The molecule has 0 radical (unpaired) electrons. The van der Waals surface area contributed by atoms with Crippen LogP contribution in [-0.4, -0.2) is 23.8 Å². The van der Waals surface area contributed by atoms with Gasteiger partial charge in [-0.05, 0) is 25.0 Å². The Balaban J connectivity index is 2.00. The summed E-state index contributed by atoms with van der Waals surface area (Å²) in [7, 11) is 1.71. The highest BCUT2D eigenvalue weighted by Crippen LogP contribution is 2.25. The van der Waals surface area contributed by atoms with Crippen LogP contribution in [0.25, 0.3) is 0 Å². The Bertz CT molecular complexity index is 598. The number of nitrogens with zero attached hydrogens (tertiary/aromatic N) is 1. The molecule has 22 heavy (non-hydrogen) atoms. The van der Waals surface area contributed by atoms with Gasteiger partial charge in [0.2, 0.25) is 0 Å². The van der Waals surface area contributed by atoms with Crippen LogP contribution in [0.4, 0.5) is 0 Å². The molecule has 5 heteroatoms. The second-order valence-corrected chi connectivity index (χ2v) is 6.44. The summed E-state index contributed by atoms with van der Waals surface area (Å²) < 4.78 is 5.11. The maximum atomic E-state index is 9.38. The molecule has 1 aromatic carbocycles. The van der Waals surface area contributed by atoms with Crippen molar-refractivity contribution < 1.29 is 9.84 Å². The fraction of sp³-hybridized carbons (Fsp3) is 0.471. The molecule has 2 N–H and O–H groups in total. The van der Waals surface area contributed by atoms with E-state index in [1.165, 1.54) is 4.88 Å². The molecule has 2 aromatic rings. The van der Waals surface area contributed by atoms with Crippen LogP contribution in [-0.2, 0) is 24.3 Å². The van der Waals surface area contributed by atoms with Crippen LogP contribution in [0.3, 0.4) is 0 Å². The maximum Gasteiger partial charge on any atom is 0.0954 e. The lowest BCUT2D eigenvalue weighted by Crippen LogP contribution is -2.18. The van der Waals surface area contributed by atoms with E-state index in [0.29, 0.717) is 6.61 Å². The zero-order valence-electron chi connectivity index (χ0n) is 13.4. The van der Waals surface area contributed by atoms with Crippen LogP contribution < -0.4 is 5.32 Å². The third-order valence-electron chi connectivity index (χ3n) is 3.68. The molecule has 0 spiro atoms. The molecule has 120 valence electrons. The molecule has 0 aliphatic rings. The molecule has 0 bridgehead atoms. The minimum absolute atomic E-state index is 0.0764. The van der Waals surface area contributed by atoms with Gasteiger partial charge in [-0.25, -0.2) is 4.98 Å². The Morgan fingerprint density at radius 3 is 2.73 bits per heavy atom. The van der Waals surface area contributed by atoms with Gasteiger partial charge in [0.1, 0.15) is 0 Å². The number of methoxy groups -OCH3 is 1. The number of hydrogen-bond donors (Lipinski definition) is 2. The largest absolute Gasteiger partial charge is 0.392 e. The van der Waals surface area contributed by atoms with Gasteiger partial charge in [-0.3, -0.25) is 0 Å². The van der Waals surface area contributed by atoms with Gasteiger partial charge in [0.25, 0.3) is 0 Å². The molecule has 1 unspecified atom stereocenters. The number of nitrogens with one attached hydrogen (secondary N) is 1. The average molecular weight is 320 g/mol. The van der Waals surface area contributed by atoms with Crippen molar-refractivity contribution in [1.29, 1.82) is 0 Å². The summed E-state index contributed by atoms with van der Waals surface area (Å²) in [4.78, 5) is 5.89. The second kappa shape index (κ2) is 8.39. The molecule has 1 aromatic heterocycles. The van der Waals surface area contributed by atoms with E-state index < -0.39 is 0 Å². The molecule has 0 amide bonds. The van der Waals surface area contributed by atoms with Crippen molar-refractivity contribution in [2.45, 2.75) is 39.5 Å². The lowest BCUT2D eigenvalue weighted by atomic mass is 10.1. The molecule has 0 fully saturated rings. The van der Waals surface area contributed by atoms with Crippen molar-refractivity contribution in [3.8, 4) is 0 Å². The minimum atomic E-state index is 0.0764. The van der Waals surface area contributed by atoms with E-state index in [1.807, 2.05) is 18.2 Å². The number of benzene rings is 1. The van der Waals surface area contributed by atoms with E-state index >= 15 is 0 Å². The van der Waals surface area contributed by atoms with Crippen LogP contribution in [0.15, 0.2) is 24.3 Å². The lowest BCUT2D eigenvalue weighted by molar-refractivity contribution is 0.202. The number of aliphatic hydroxyl groups is 1. The van der Waals surface area contributed by atoms with E-state index in [-0.39, 0.29) is 12.6 Å². The molecular weight excluding hydrogens is 296 g/mol. The Morgan fingerprint density at radius 1 is 1.32 bits per heavy atom. The van der Waals surface area contributed by atoms with E-state index in [9.17, 15) is 5.11 Å². The number of aromatic nitrogens is 1. The highest BCUT2D eigenvalue weighted by atomic mass is 32.1. The van der Waals surface area contributed by atoms with Gasteiger partial charge in [-0.1, -0.05) is 24.3 Å². The Hall–Kier alpha value is -1.27. The molecule has 0 aliphatic heterocycles. The van der Waals surface area contributed by atoms with Gasteiger partial charge in [0.05, 0.1) is 23.9 Å². The first-order valence-corrected chi connectivity index (χ1v) is 8.33. The SMILES string of the molecule is COCCc1nc(C)c(C(C)NCc2ccccc2CO)s1. The number of aryl methyl sites for hydroxylation is 1. The molecule has 0 saturated heterocycles. The number of ether oxygens (including phenoxy) is 1. The number of thiazole rings is 1. The van der Waals surface area contributed by atoms with Crippen molar-refractivity contribution in [2.24, 2.45) is 0 Å². The second-order valence-electron chi connectivity index (χ2n) is 5.33. The fourth-order valence-corrected chi connectivity index (χ4v) is 3.48. The molecule has 2 rings (SSSR count). The Morgan fingerprint density at radius 2 is 2.05 bits per heavy atom. The van der Waals surface area contributed by atoms with Crippen molar-refractivity contribution in [3.63, 3.8) is 0 Å². The van der Waals surface area contributed by atoms with Crippen molar-refractivity contribution in [2.75, 3.05) is 13.7 Å². The summed E-state index contributed by atoms with van der Waals surface area (Å²) in [6.45, 7) is 5.73. The van der Waals surface area contributed by atoms with Crippen LogP contribution in [0.1, 0.15) is 39.7 Å². The summed E-state index contributed by atoms with van der Waals surface area (Å²) in [5.74, 6) is 0. The Labute approximate surface area is 136 Å². The topological polar surface area (TPSA) is 54.4 Å². The van der Waals surface area contributed by atoms with Gasteiger partial charge in [-0.15, -0.1) is 11.3 Å². The fourth-order valence-electron chi connectivity index (χ4n) is 2.40. The van der Waals surface area contributed by atoms with Gasteiger partial charge < -0.3 is 15.2 Å². The number of rotatable bonds is 8. The van der Waals surface area contributed by atoms with Gasteiger partial charge in [0.15, 0.2) is 0 Å². The summed E-state index contributed by atoms with van der Waals surface area (Å²) >= 11 is 1.75. The summed E-state index contributed by atoms with van der Waals surface area (Å²) in [6.07, 6.45) is 0.863. The summed E-state index contributed by atoms with van der Waals surface area (Å²) in [5, 5.41) is 14.0. The average Bonchev–Trinajstić information content (AvgIpc) is 2.91. The van der Waals surface area contributed by atoms with Crippen LogP contribution >= 0.6 is 11.3 Å². The standard InChI is InChI=1S/C17H24N2O2S/c1-12(17-13(2)19-16(22-17)8-9-21-3)18-10-14-6-4-5-7-15(14)11-20/h4-7,12,18,20H,8-11H2,1-3H3. The molecular formula is C17H24N2O2S. The Kier molecular flexibility index (Phi) is 6.51. The van der Waals surface area contributed by atoms with Crippen LogP contribution in [0.2, 0.25) is 0 Å². The molecule has 1 heterocycles. The highest BCUT2D eigenvalue weighted by Gasteiger charge is 2.14. The summed E-state index contributed by atoms with van der Waals surface area (Å²) in [5.41, 5.74) is 3.20. The molecule has 4 nitrogen and oxygen atoms in total. The van der Waals surface area contributed by atoms with Crippen molar-refractivity contribution in [1.82, 2.24) is 10.3 Å². The maximum absolute atomic E-state index is 9.38. The molecule has 1 atom stereocenters. The third-order valence-corrected chi connectivity index (χ3v) is 5.08. The van der Waals surface area contributed by atoms with Crippen molar-refractivity contribution in [3.05, 3.63) is 51.0 Å². The zero-order chi connectivity index (χ0) is 15.9. The van der Waals surface area contributed by atoms with Gasteiger partial charge in [0, 0.05) is 31.0 Å². The smallest absolute Gasteiger partial charge is 0.0954 e. The quantitative estimate of drug-likeness (QED) is 0.785. The zero-order valence-corrected chi connectivity index (χ0v) is 14.2. The van der Waals surface area contributed by atoms with E-state index in [1.54, 1.807) is 18.4 Å². The molecule has 0 aliphatic carbocycles. The van der Waals surface area contributed by atoms with Crippen LogP contribution in [0, 0.1) is 6.92 Å². The minimum Gasteiger partial charge on any atom is -0.392 e. The number of aliphatic hydroxyl groups excluding tert-OH is 1.